The molecule has 1 heterocycles. The highest BCUT2D eigenvalue weighted by molar-refractivity contribution is 7.92. The van der Waals surface area contributed by atoms with E-state index >= 15 is 0 Å². The first-order valence-corrected chi connectivity index (χ1v) is 13.1. The highest BCUT2D eigenvalue weighted by atomic mass is 35.5. The van der Waals surface area contributed by atoms with Gasteiger partial charge in [0.2, 0.25) is 0 Å². The summed E-state index contributed by atoms with van der Waals surface area (Å²) in [5.74, 6) is -0.686. The van der Waals surface area contributed by atoms with Gasteiger partial charge in [0.15, 0.2) is 0 Å². The lowest BCUT2D eigenvalue weighted by Gasteiger charge is -2.39. The number of hydrogen-bond acceptors (Lipinski definition) is 5. The fourth-order valence-corrected chi connectivity index (χ4v) is 5.54. The first-order chi connectivity index (χ1) is 16.5. The second-order valence-corrected chi connectivity index (χ2v) is 10.8. The molecule has 0 aliphatic carbocycles. The van der Waals surface area contributed by atoms with E-state index in [9.17, 15) is 17.9 Å². The summed E-state index contributed by atoms with van der Waals surface area (Å²) in [6.45, 7) is 9.27. The van der Waals surface area contributed by atoms with Crippen LogP contribution >= 0.6 is 11.6 Å². The number of rotatable bonds is 8. The van der Waals surface area contributed by atoms with Crippen molar-refractivity contribution in [3.63, 3.8) is 0 Å². The number of aliphatic hydroxyl groups is 1. The molecule has 1 saturated heterocycles. The fraction of sp³-hybridized carbons (Fsp3) is 0.308. The number of nitrogen functional groups attached to an aromatic ring is 1. The lowest BCUT2D eigenvalue weighted by Crippen LogP contribution is -2.44. The lowest BCUT2D eigenvalue weighted by molar-refractivity contribution is 0.00704. The average Bonchev–Trinajstić information content (AvgIpc) is 2.82. The fourth-order valence-electron chi connectivity index (χ4n) is 4.13. The van der Waals surface area contributed by atoms with Gasteiger partial charge in [-0.05, 0) is 62.1 Å². The molecule has 0 atom stereocenters. The van der Waals surface area contributed by atoms with Gasteiger partial charge in [-0.1, -0.05) is 48.5 Å². The maximum Gasteiger partial charge on any atom is 0.264 e. The zero-order chi connectivity index (χ0) is 25.8. The van der Waals surface area contributed by atoms with Crippen LogP contribution in [-0.4, -0.2) is 37.1 Å². The van der Waals surface area contributed by atoms with E-state index in [1.54, 1.807) is 37.3 Å². The van der Waals surface area contributed by atoms with Crippen molar-refractivity contribution in [3.05, 3.63) is 82.7 Å². The molecule has 0 radical (unpaired) electrons. The molecule has 0 spiro atoms. The van der Waals surface area contributed by atoms with Gasteiger partial charge in [-0.2, -0.15) is 0 Å². The van der Waals surface area contributed by atoms with Gasteiger partial charge < -0.3 is 10.8 Å². The molecular weight excluding hydrogens is 489 g/mol. The van der Waals surface area contributed by atoms with Gasteiger partial charge in [0, 0.05) is 35.9 Å². The number of benzene rings is 2. The molecule has 0 saturated carbocycles. The Morgan fingerprint density at radius 3 is 2.49 bits per heavy atom. The minimum atomic E-state index is -4.09. The van der Waals surface area contributed by atoms with Gasteiger partial charge >= 0.3 is 0 Å². The van der Waals surface area contributed by atoms with Gasteiger partial charge in [0.1, 0.15) is 10.7 Å². The van der Waals surface area contributed by atoms with E-state index < -0.39 is 21.4 Å². The Hall–Kier alpha value is -2.65. The monoisotopic (exact) mass is 519 g/mol. The Kier molecular flexibility index (Phi) is 8.43. The van der Waals surface area contributed by atoms with Crippen LogP contribution in [0.3, 0.4) is 0 Å². The molecule has 4 N–H and O–H groups in total. The Bertz CT molecular complexity index is 1250. The van der Waals surface area contributed by atoms with Crippen LogP contribution in [-0.2, 0) is 16.6 Å². The van der Waals surface area contributed by atoms with Gasteiger partial charge in [-0.3, -0.25) is 9.62 Å². The molecule has 0 bridgehead atoms. The Balaban J connectivity index is 1.67. The topological polar surface area (TPSA) is 95.7 Å². The Labute approximate surface area is 211 Å². The summed E-state index contributed by atoms with van der Waals surface area (Å²) < 4.78 is 42.3. The lowest BCUT2D eigenvalue weighted by atomic mass is 9.84. The summed E-state index contributed by atoms with van der Waals surface area (Å²) in [6.07, 6.45) is 5.88. The van der Waals surface area contributed by atoms with Gasteiger partial charge in [0.05, 0.1) is 11.3 Å². The molecule has 2 aromatic carbocycles. The van der Waals surface area contributed by atoms with E-state index in [0.717, 1.165) is 17.2 Å². The molecular formula is C26H31ClFN3O3S. The highest BCUT2D eigenvalue weighted by Crippen LogP contribution is 2.33. The number of sulfonamides is 1. The first-order valence-electron chi connectivity index (χ1n) is 11.3. The third-order valence-electron chi connectivity index (χ3n) is 6.31. The summed E-state index contributed by atoms with van der Waals surface area (Å²) in [5.41, 5.74) is 7.42. The number of piperidine rings is 1. The molecule has 35 heavy (non-hydrogen) atoms. The maximum absolute atomic E-state index is 14.0. The number of nitrogens with two attached hydrogens (primary N) is 1. The minimum Gasteiger partial charge on any atom is -0.397 e. The molecule has 9 heteroatoms. The zero-order valence-electron chi connectivity index (χ0n) is 19.9. The second-order valence-electron chi connectivity index (χ2n) is 8.69. The summed E-state index contributed by atoms with van der Waals surface area (Å²) in [7, 11) is -4.09. The van der Waals surface area contributed by atoms with Crippen molar-refractivity contribution in [1.29, 1.82) is 0 Å². The number of likely N-dealkylation sites (tertiary alicyclic amines) is 1. The van der Waals surface area contributed by atoms with Crippen molar-refractivity contribution in [2.75, 3.05) is 23.5 Å². The molecule has 0 aromatic heterocycles. The molecule has 1 fully saturated rings. The van der Waals surface area contributed by atoms with Crippen LogP contribution in [0, 0.1) is 5.82 Å². The zero-order valence-corrected chi connectivity index (χ0v) is 21.5. The summed E-state index contributed by atoms with van der Waals surface area (Å²) in [5, 5.41) is 11.4. The second kappa shape index (κ2) is 11.0. The Morgan fingerprint density at radius 1 is 1.29 bits per heavy atom. The number of halogens is 2. The van der Waals surface area contributed by atoms with Crippen LogP contribution in [0.15, 0.2) is 70.6 Å². The summed E-state index contributed by atoms with van der Waals surface area (Å²) in [4.78, 5) is 1.91. The normalized spacial score (nSPS) is 17.3. The van der Waals surface area contributed by atoms with E-state index in [1.165, 1.54) is 6.07 Å². The number of allylic oxidation sites excluding steroid dienone is 3. The van der Waals surface area contributed by atoms with Crippen LogP contribution in [0.1, 0.15) is 37.8 Å². The van der Waals surface area contributed by atoms with Gasteiger partial charge in [-0.15, -0.1) is 0 Å². The Morgan fingerprint density at radius 2 is 1.91 bits per heavy atom. The highest BCUT2D eigenvalue weighted by Gasteiger charge is 2.34. The molecule has 6 nitrogen and oxygen atoms in total. The quantitative estimate of drug-likeness (QED) is 0.326. The molecule has 3 rings (SSSR count). The third kappa shape index (κ3) is 6.32. The van der Waals surface area contributed by atoms with Crippen LogP contribution in [0.5, 0.6) is 0 Å². The van der Waals surface area contributed by atoms with Crippen molar-refractivity contribution in [3.8, 4) is 0 Å². The third-order valence-corrected chi connectivity index (χ3v) is 8.16. The van der Waals surface area contributed by atoms with Crippen LogP contribution in [0.2, 0.25) is 0 Å². The van der Waals surface area contributed by atoms with Crippen LogP contribution in [0.4, 0.5) is 15.8 Å². The molecule has 2 aromatic rings. The predicted octanol–water partition coefficient (Wildman–Crippen LogP) is 5.27. The van der Waals surface area contributed by atoms with Crippen molar-refractivity contribution >= 4 is 39.1 Å². The number of nitrogens with zero attached hydrogens (tertiary/aromatic N) is 1. The van der Waals surface area contributed by atoms with E-state index in [-0.39, 0.29) is 10.6 Å². The maximum atomic E-state index is 14.0. The van der Waals surface area contributed by atoms with Gasteiger partial charge in [-0.25, -0.2) is 12.8 Å². The summed E-state index contributed by atoms with van der Waals surface area (Å²) in [6, 6.07) is 9.08. The van der Waals surface area contributed by atoms with Crippen molar-refractivity contribution in [2.24, 2.45) is 0 Å². The van der Waals surface area contributed by atoms with Crippen LogP contribution in [0.25, 0.3) is 6.08 Å². The van der Waals surface area contributed by atoms with Gasteiger partial charge in [0.25, 0.3) is 10.0 Å². The minimum absolute atomic E-state index is 0.0156. The van der Waals surface area contributed by atoms with Crippen LogP contribution < -0.4 is 10.5 Å². The van der Waals surface area contributed by atoms with E-state index in [4.69, 9.17) is 17.3 Å². The molecule has 1 aliphatic heterocycles. The SMILES string of the molecule is C=CC(Cl)=C(C)C1(O)CCN(Cc2ccc(NS(=O)(=O)c3cc(F)cc(C=CC)c3N)cc2)CC1. The molecule has 0 unspecified atom stereocenters. The molecule has 1 aliphatic rings. The summed E-state index contributed by atoms with van der Waals surface area (Å²) >= 11 is 6.15. The molecule has 0 amide bonds. The van der Waals surface area contributed by atoms with Crippen molar-refractivity contribution in [2.45, 2.75) is 43.7 Å². The number of anilines is 2. The largest absolute Gasteiger partial charge is 0.397 e. The van der Waals surface area contributed by atoms with E-state index in [0.29, 0.717) is 48.8 Å². The van der Waals surface area contributed by atoms with E-state index in [2.05, 4.69) is 16.2 Å². The smallest absolute Gasteiger partial charge is 0.264 e. The predicted molar refractivity (Wildman–Crippen MR) is 141 cm³/mol. The van der Waals surface area contributed by atoms with Crippen molar-refractivity contribution in [1.82, 2.24) is 4.90 Å². The van der Waals surface area contributed by atoms with Crippen molar-refractivity contribution < 1.29 is 17.9 Å². The number of hydrogen-bond donors (Lipinski definition) is 3. The van der Waals surface area contributed by atoms with E-state index in [1.807, 2.05) is 19.1 Å². The average molecular weight is 520 g/mol. The number of nitrogens with one attached hydrogen (secondary N) is 1. The molecule has 188 valence electrons. The standard InChI is InChI=1S/C26H31ClFN3O3S/c1-4-6-20-15-21(28)16-24(25(20)29)35(33,34)30-22-9-7-19(8-10-22)17-31-13-11-26(32,12-14-31)18(3)23(27)5-2/h4-10,15-16,30,32H,2,11-14,17,29H2,1,3H3. The first kappa shape index (κ1) is 26.9.